The van der Waals surface area contributed by atoms with Crippen LogP contribution in [0.25, 0.3) is 0 Å². The summed E-state index contributed by atoms with van der Waals surface area (Å²) in [4.78, 5) is 0. The van der Waals surface area contributed by atoms with E-state index in [9.17, 15) is 0 Å². The molecule has 0 aromatic rings. The summed E-state index contributed by atoms with van der Waals surface area (Å²) in [6.45, 7) is 2.91. The smallest absolute Gasteiger partial charge is 0.311 e. The van der Waals surface area contributed by atoms with E-state index in [1.54, 1.807) is 0 Å². The predicted molar refractivity (Wildman–Crippen MR) is 66.3 cm³/mol. The number of unbranched alkanes of at least 4 members (excludes halogenated alkanes) is 5. The van der Waals surface area contributed by atoms with E-state index in [1.165, 1.54) is 32.1 Å². The molecule has 0 aromatic heterocycles. The van der Waals surface area contributed by atoms with Crippen LogP contribution in [0.1, 0.15) is 45.4 Å². The minimum absolute atomic E-state index is 0.690. The molecule has 0 bridgehead atoms. The zero-order valence-corrected chi connectivity index (χ0v) is 12.4. The first-order valence-corrected chi connectivity index (χ1v) is 7.24. The molecule has 0 amide bonds. The van der Waals surface area contributed by atoms with Gasteiger partial charge in [0.2, 0.25) is 0 Å². The first kappa shape index (κ1) is 15.3. The lowest BCUT2D eigenvalue weighted by Crippen LogP contribution is -1.90. The summed E-state index contributed by atoms with van der Waals surface area (Å²) in [5.74, 6) is 0. The van der Waals surface area contributed by atoms with Gasteiger partial charge in [-0.05, 0) is 6.42 Å². The highest BCUT2D eigenvalue weighted by atomic mass is 79.9. The highest BCUT2D eigenvalue weighted by Gasteiger charge is 2.08. The summed E-state index contributed by atoms with van der Waals surface area (Å²) in [7, 11) is -1.25. The molecule has 0 radical (unpaired) electrons. The maximum atomic E-state index is 5.27. The standard InChI is InChI=1S/C8H17Br2O3P/c1-2-3-4-5-6-7-8-11-14(12-9)13-10/h2-8H2,1H3. The highest BCUT2D eigenvalue weighted by molar-refractivity contribution is 9.07. The Hall–Kier alpha value is 1.27. The highest BCUT2D eigenvalue weighted by Crippen LogP contribution is 2.43. The fraction of sp³-hybridized carbons (Fsp3) is 1.00. The lowest BCUT2D eigenvalue weighted by atomic mass is 10.1. The van der Waals surface area contributed by atoms with E-state index in [4.69, 9.17) is 11.8 Å². The van der Waals surface area contributed by atoms with Crippen LogP contribution in [0, 0.1) is 0 Å². The Morgan fingerprint density at radius 2 is 1.50 bits per heavy atom. The lowest BCUT2D eigenvalue weighted by molar-refractivity contribution is 0.279. The van der Waals surface area contributed by atoms with Crippen LogP contribution in [0.15, 0.2) is 0 Å². The molecular formula is C8H17Br2O3P. The maximum Gasteiger partial charge on any atom is 0.356 e. The van der Waals surface area contributed by atoms with E-state index in [0.717, 1.165) is 6.42 Å². The average molecular weight is 352 g/mol. The van der Waals surface area contributed by atoms with Crippen molar-refractivity contribution in [3.8, 4) is 0 Å². The fourth-order valence-corrected chi connectivity index (χ4v) is 2.78. The molecule has 0 aromatic carbocycles. The third kappa shape index (κ3) is 9.81. The summed E-state index contributed by atoms with van der Waals surface area (Å²) in [5, 5.41) is 0. The molecule has 0 N–H and O–H groups in total. The van der Waals surface area contributed by atoms with Crippen LogP contribution in [-0.4, -0.2) is 6.61 Å². The van der Waals surface area contributed by atoms with Crippen LogP contribution in [0.3, 0.4) is 0 Å². The van der Waals surface area contributed by atoms with Crippen molar-refractivity contribution in [2.75, 3.05) is 6.61 Å². The Morgan fingerprint density at radius 1 is 0.929 bits per heavy atom. The molecule has 0 saturated heterocycles. The SMILES string of the molecule is CCCCCCCCOP(OBr)OBr. The van der Waals surface area contributed by atoms with Crippen LogP contribution < -0.4 is 0 Å². The van der Waals surface area contributed by atoms with Crippen molar-refractivity contribution < 1.29 is 11.8 Å². The summed E-state index contributed by atoms with van der Waals surface area (Å²) in [5.41, 5.74) is 0. The Balaban J connectivity index is 3.04. The molecule has 6 heteroatoms. The molecule has 0 aliphatic heterocycles. The van der Waals surface area contributed by atoms with Gasteiger partial charge in [0.05, 0.1) is 6.61 Å². The second kappa shape index (κ2) is 12.3. The second-order valence-corrected chi connectivity index (χ2v) is 5.68. The van der Waals surface area contributed by atoms with Gasteiger partial charge in [-0.3, -0.25) is 0 Å². The van der Waals surface area contributed by atoms with Crippen molar-refractivity contribution in [1.29, 1.82) is 0 Å². The molecule has 0 atom stereocenters. The van der Waals surface area contributed by atoms with Crippen LogP contribution in [0.2, 0.25) is 0 Å². The first-order chi connectivity index (χ1) is 6.85. The molecule has 0 unspecified atom stereocenters. The summed E-state index contributed by atoms with van der Waals surface area (Å²) in [6, 6.07) is 0. The van der Waals surface area contributed by atoms with E-state index in [2.05, 4.69) is 39.4 Å². The second-order valence-electron chi connectivity index (χ2n) is 2.96. The molecule has 0 heterocycles. The van der Waals surface area contributed by atoms with E-state index in [0.29, 0.717) is 6.61 Å². The van der Waals surface area contributed by atoms with E-state index < -0.39 is 8.60 Å². The number of rotatable bonds is 10. The van der Waals surface area contributed by atoms with Crippen LogP contribution in [-0.2, 0) is 11.8 Å². The third-order valence-corrected chi connectivity index (χ3v) is 3.84. The zero-order chi connectivity index (χ0) is 10.6. The van der Waals surface area contributed by atoms with Crippen LogP contribution in [0.5, 0.6) is 0 Å². The molecule has 0 rings (SSSR count). The van der Waals surface area contributed by atoms with Gasteiger partial charge < -0.3 is 4.52 Å². The van der Waals surface area contributed by atoms with Gasteiger partial charge in [0.25, 0.3) is 0 Å². The largest absolute Gasteiger partial charge is 0.356 e. The summed E-state index contributed by atoms with van der Waals surface area (Å²) >= 11 is 5.66. The van der Waals surface area contributed by atoms with Gasteiger partial charge in [0, 0.05) is 0 Å². The van der Waals surface area contributed by atoms with Crippen molar-refractivity contribution in [2.45, 2.75) is 45.4 Å². The molecule has 3 nitrogen and oxygen atoms in total. The summed E-state index contributed by atoms with van der Waals surface area (Å²) < 4.78 is 14.7. The lowest BCUT2D eigenvalue weighted by Gasteiger charge is -2.08. The first-order valence-electron chi connectivity index (χ1n) is 4.85. The van der Waals surface area contributed by atoms with Gasteiger partial charge in [-0.15, -0.1) is 0 Å². The molecule has 0 aliphatic carbocycles. The molecule has 0 aliphatic rings. The van der Waals surface area contributed by atoms with Crippen molar-refractivity contribution in [1.82, 2.24) is 0 Å². The van der Waals surface area contributed by atoms with Gasteiger partial charge in [-0.1, -0.05) is 39.0 Å². The Labute approximate surface area is 105 Å². The Morgan fingerprint density at radius 3 is 2.07 bits per heavy atom. The molecule has 0 fully saturated rings. The van der Waals surface area contributed by atoms with E-state index in [1.807, 2.05) is 0 Å². The van der Waals surface area contributed by atoms with Gasteiger partial charge in [-0.2, -0.15) is 0 Å². The molecule has 0 spiro atoms. The minimum atomic E-state index is -1.25. The van der Waals surface area contributed by atoms with Crippen molar-refractivity contribution >= 4 is 41.1 Å². The van der Waals surface area contributed by atoms with Gasteiger partial charge in [0.1, 0.15) is 32.5 Å². The topological polar surface area (TPSA) is 27.7 Å². The normalized spacial score (nSPS) is 11.1. The molecule has 14 heavy (non-hydrogen) atoms. The van der Waals surface area contributed by atoms with Gasteiger partial charge in [0.15, 0.2) is 0 Å². The average Bonchev–Trinajstić information content (AvgIpc) is 2.22. The minimum Gasteiger partial charge on any atom is -0.311 e. The Bertz CT molecular complexity index is 115. The third-order valence-electron chi connectivity index (χ3n) is 1.81. The van der Waals surface area contributed by atoms with Crippen molar-refractivity contribution in [2.24, 2.45) is 0 Å². The predicted octanol–water partition coefficient (Wildman–Crippen LogP) is 5.24. The maximum absolute atomic E-state index is 5.27. The van der Waals surface area contributed by atoms with Crippen molar-refractivity contribution in [3.05, 3.63) is 0 Å². The monoisotopic (exact) mass is 350 g/mol. The van der Waals surface area contributed by atoms with Crippen molar-refractivity contribution in [3.63, 3.8) is 0 Å². The quantitative estimate of drug-likeness (QED) is 0.397. The van der Waals surface area contributed by atoms with Gasteiger partial charge in [-0.25, -0.2) is 7.23 Å². The molecule has 86 valence electrons. The van der Waals surface area contributed by atoms with E-state index >= 15 is 0 Å². The number of halogens is 2. The Kier molecular flexibility index (Phi) is 13.5. The zero-order valence-electron chi connectivity index (χ0n) is 8.38. The number of hydrogen-bond acceptors (Lipinski definition) is 3. The fourth-order valence-electron chi connectivity index (χ4n) is 1.07. The van der Waals surface area contributed by atoms with Crippen LogP contribution >= 0.6 is 41.1 Å². The number of hydrogen-bond donors (Lipinski definition) is 0. The van der Waals surface area contributed by atoms with Gasteiger partial charge >= 0.3 is 8.60 Å². The summed E-state index contributed by atoms with van der Waals surface area (Å²) in [6.07, 6.45) is 7.52. The van der Waals surface area contributed by atoms with E-state index in [-0.39, 0.29) is 0 Å². The van der Waals surface area contributed by atoms with Crippen LogP contribution in [0.4, 0.5) is 0 Å². The molecular weight excluding hydrogens is 335 g/mol. The molecule has 0 saturated carbocycles.